The van der Waals surface area contributed by atoms with E-state index in [4.69, 9.17) is 16.2 Å². The van der Waals surface area contributed by atoms with Gasteiger partial charge >= 0.3 is 0 Å². The van der Waals surface area contributed by atoms with E-state index in [1.54, 1.807) is 0 Å². The second-order valence-electron chi connectivity index (χ2n) is 4.24. The predicted octanol–water partition coefficient (Wildman–Crippen LogP) is -2.60. The number of nitrogens with zero attached hydrogens (tertiary/aromatic N) is 3. The highest BCUT2D eigenvalue weighted by Gasteiger charge is 2.41. The fourth-order valence-electron chi connectivity index (χ4n) is 1.97. The summed E-state index contributed by atoms with van der Waals surface area (Å²) in [6.45, 7) is 0.122. The van der Waals surface area contributed by atoms with Crippen LogP contribution in [0, 0.1) is 0 Å². The van der Waals surface area contributed by atoms with E-state index in [0.717, 1.165) is 0 Å². The molecule has 1 aromatic heterocycles. The van der Waals surface area contributed by atoms with E-state index in [9.17, 15) is 10.2 Å². The molecule has 0 saturated heterocycles. The maximum absolute atomic E-state index is 9.83. The average Bonchev–Trinajstić information content (AvgIpc) is 2.79. The molecule has 6 N–H and O–H groups in total. The summed E-state index contributed by atoms with van der Waals surface area (Å²) in [5, 5.41) is 23.3. The third-order valence-corrected chi connectivity index (χ3v) is 2.96. The van der Waals surface area contributed by atoms with E-state index < -0.39 is 30.4 Å². The number of aliphatic hydroxyl groups excluding tert-OH is 2. The summed E-state index contributed by atoms with van der Waals surface area (Å²) in [5.74, 6) is 0. The van der Waals surface area contributed by atoms with Crippen LogP contribution in [0.5, 0.6) is 0 Å². The topological polar surface area (TPSA) is 132 Å². The highest BCUT2D eigenvalue weighted by molar-refractivity contribution is 4.97. The van der Waals surface area contributed by atoms with Crippen LogP contribution in [0.15, 0.2) is 12.7 Å². The Morgan fingerprint density at radius 2 is 2.06 bits per heavy atom. The van der Waals surface area contributed by atoms with Crippen molar-refractivity contribution < 1.29 is 14.9 Å². The molecule has 1 fully saturated rings. The van der Waals surface area contributed by atoms with Crippen LogP contribution in [0.2, 0.25) is 0 Å². The van der Waals surface area contributed by atoms with Crippen molar-refractivity contribution in [3.63, 3.8) is 0 Å². The third-order valence-electron chi connectivity index (χ3n) is 2.96. The molecule has 8 nitrogen and oxygen atoms in total. The monoisotopic (exact) mass is 243 g/mol. The zero-order chi connectivity index (χ0) is 12.4. The molecule has 1 aliphatic carbocycles. The Hall–Kier alpha value is -1.06. The van der Waals surface area contributed by atoms with Crippen molar-refractivity contribution in [3.05, 3.63) is 12.7 Å². The molecular formula is C9H17N5O3. The lowest BCUT2D eigenvalue weighted by Crippen LogP contribution is -2.62. The number of nitrogens with two attached hydrogens (primary N) is 2. The van der Waals surface area contributed by atoms with E-state index >= 15 is 0 Å². The van der Waals surface area contributed by atoms with Crippen molar-refractivity contribution in [1.29, 1.82) is 0 Å². The van der Waals surface area contributed by atoms with Crippen LogP contribution in [-0.2, 0) is 11.5 Å². The minimum absolute atomic E-state index is 0.122. The molecule has 1 saturated carbocycles. The molecule has 0 bridgehead atoms. The van der Waals surface area contributed by atoms with Crippen molar-refractivity contribution in [2.75, 3.05) is 0 Å². The summed E-state index contributed by atoms with van der Waals surface area (Å²) in [6.07, 6.45) is 0.510. The molecule has 8 heteroatoms. The molecule has 96 valence electrons. The van der Waals surface area contributed by atoms with Crippen LogP contribution in [0.3, 0.4) is 0 Å². The van der Waals surface area contributed by atoms with Crippen LogP contribution in [0.4, 0.5) is 0 Å². The van der Waals surface area contributed by atoms with Crippen LogP contribution >= 0.6 is 0 Å². The van der Waals surface area contributed by atoms with E-state index in [1.807, 2.05) is 0 Å². The third kappa shape index (κ3) is 2.61. The van der Waals surface area contributed by atoms with E-state index in [1.165, 1.54) is 17.3 Å². The van der Waals surface area contributed by atoms with Crippen LogP contribution in [0.25, 0.3) is 0 Å². The molecular weight excluding hydrogens is 226 g/mol. The second kappa shape index (κ2) is 5.07. The first-order valence-corrected chi connectivity index (χ1v) is 5.41. The van der Waals surface area contributed by atoms with Crippen molar-refractivity contribution in [2.24, 2.45) is 11.5 Å². The van der Waals surface area contributed by atoms with Gasteiger partial charge in [0, 0.05) is 12.1 Å². The summed E-state index contributed by atoms with van der Waals surface area (Å²) in [6, 6.07) is -0.932. The number of rotatable bonds is 3. The maximum Gasteiger partial charge on any atom is 0.141 e. The lowest BCUT2D eigenvalue weighted by atomic mass is 9.85. The average molecular weight is 243 g/mol. The molecule has 0 radical (unpaired) electrons. The fraction of sp³-hybridized carbons (Fsp3) is 0.778. The minimum atomic E-state index is -1.09. The van der Waals surface area contributed by atoms with Gasteiger partial charge in [-0.15, -0.1) is 0 Å². The molecule has 1 aromatic rings. The molecule has 0 aromatic carbocycles. The van der Waals surface area contributed by atoms with Gasteiger partial charge in [-0.3, -0.25) is 0 Å². The number of aromatic nitrogens is 3. The lowest BCUT2D eigenvalue weighted by molar-refractivity contribution is -0.143. The van der Waals surface area contributed by atoms with Crippen LogP contribution < -0.4 is 11.5 Å². The van der Waals surface area contributed by atoms with Gasteiger partial charge in [-0.05, 0) is 6.42 Å². The van der Waals surface area contributed by atoms with Gasteiger partial charge < -0.3 is 26.4 Å². The number of hydrogen-bond acceptors (Lipinski definition) is 7. The Morgan fingerprint density at radius 3 is 2.71 bits per heavy atom. The van der Waals surface area contributed by atoms with Gasteiger partial charge in [0.2, 0.25) is 0 Å². The molecule has 5 atom stereocenters. The molecule has 1 aliphatic rings. The van der Waals surface area contributed by atoms with Crippen LogP contribution in [0.1, 0.15) is 6.42 Å². The first-order chi connectivity index (χ1) is 8.09. The molecule has 17 heavy (non-hydrogen) atoms. The summed E-state index contributed by atoms with van der Waals surface area (Å²) in [4.78, 5) is 3.76. The fourth-order valence-corrected chi connectivity index (χ4v) is 1.97. The Labute approximate surface area is 98.2 Å². The molecule has 0 spiro atoms. The van der Waals surface area contributed by atoms with Gasteiger partial charge in [0.05, 0.1) is 6.10 Å². The molecule has 2 rings (SSSR count). The SMILES string of the molecule is N[C@@H]1C[C@H](N)[C@@H](O)[C@H](O)[C@H]1OCn1cncn1. The Bertz CT molecular complexity index is 346. The standard InChI is InChI=1S/C9H17N5O3/c10-5-1-6(11)9(8(16)7(5)15)17-4-14-3-12-2-13-14/h2-3,5-9,15-16H,1,4,10-11H2/t5-,6+,7+,8-,9-/m0/s1. The van der Waals surface area contributed by atoms with Gasteiger partial charge in [-0.25, -0.2) is 9.67 Å². The van der Waals surface area contributed by atoms with Gasteiger partial charge in [-0.1, -0.05) is 0 Å². The number of hydrogen-bond donors (Lipinski definition) is 4. The Balaban J connectivity index is 1.94. The Morgan fingerprint density at radius 1 is 1.29 bits per heavy atom. The highest BCUT2D eigenvalue weighted by Crippen LogP contribution is 2.21. The molecule has 0 unspecified atom stereocenters. The van der Waals surface area contributed by atoms with E-state index in [0.29, 0.717) is 6.42 Å². The van der Waals surface area contributed by atoms with Crippen molar-refractivity contribution >= 4 is 0 Å². The second-order valence-corrected chi connectivity index (χ2v) is 4.24. The molecule has 0 amide bonds. The normalized spacial score (nSPS) is 38.2. The Kier molecular flexibility index (Phi) is 3.69. The summed E-state index contributed by atoms with van der Waals surface area (Å²) >= 11 is 0. The number of aliphatic hydroxyl groups is 2. The minimum Gasteiger partial charge on any atom is -0.389 e. The van der Waals surface area contributed by atoms with Gasteiger partial charge in [-0.2, -0.15) is 5.10 Å². The first-order valence-electron chi connectivity index (χ1n) is 5.41. The van der Waals surface area contributed by atoms with Gasteiger partial charge in [0.25, 0.3) is 0 Å². The van der Waals surface area contributed by atoms with Gasteiger partial charge in [0.15, 0.2) is 0 Å². The van der Waals surface area contributed by atoms with Crippen molar-refractivity contribution in [1.82, 2.24) is 14.8 Å². The molecule has 0 aliphatic heterocycles. The smallest absolute Gasteiger partial charge is 0.141 e. The van der Waals surface area contributed by atoms with Crippen LogP contribution in [-0.4, -0.2) is 55.4 Å². The van der Waals surface area contributed by atoms with Crippen molar-refractivity contribution in [2.45, 2.75) is 43.5 Å². The highest BCUT2D eigenvalue weighted by atomic mass is 16.5. The summed E-state index contributed by atoms with van der Waals surface area (Å²) < 4.78 is 6.90. The lowest BCUT2D eigenvalue weighted by Gasteiger charge is -2.39. The zero-order valence-corrected chi connectivity index (χ0v) is 9.25. The van der Waals surface area contributed by atoms with Crippen molar-refractivity contribution in [3.8, 4) is 0 Å². The molecule has 1 heterocycles. The van der Waals surface area contributed by atoms with Gasteiger partial charge in [0.1, 0.15) is 31.6 Å². The summed E-state index contributed by atoms with van der Waals surface area (Å²) in [5.41, 5.74) is 11.5. The van der Waals surface area contributed by atoms with E-state index in [2.05, 4.69) is 10.1 Å². The largest absolute Gasteiger partial charge is 0.389 e. The maximum atomic E-state index is 9.83. The predicted molar refractivity (Wildman–Crippen MR) is 57.5 cm³/mol. The van der Waals surface area contributed by atoms with E-state index in [-0.39, 0.29) is 6.73 Å². The zero-order valence-electron chi connectivity index (χ0n) is 9.25. The number of ether oxygens (including phenoxy) is 1. The quantitative estimate of drug-likeness (QED) is 0.457. The summed E-state index contributed by atoms with van der Waals surface area (Å²) in [7, 11) is 0. The first kappa shape index (κ1) is 12.4.